The molecule has 0 aliphatic rings. The molecule has 5 nitrogen and oxygen atoms in total. The van der Waals surface area contributed by atoms with Gasteiger partial charge in [-0.05, 0) is 5.56 Å². The first-order valence-electron chi connectivity index (χ1n) is 4.99. The molecule has 0 aliphatic carbocycles. The Bertz CT molecular complexity index is 533. The smallest absolute Gasteiger partial charge is 0.358 e. The molecule has 0 bridgehead atoms. The molecule has 0 saturated carbocycles. The number of ether oxygens (including phenoxy) is 1. The van der Waals surface area contributed by atoms with E-state index in [1.807, 2.05) is 24.3 Å². The standard InChI is InChI=1S/C12H11NO4/c1-16-7-8-4-2-3-5-9(8)11-6-10(12(14)15)13-17-11/h2-6H,7H2,1H3,(H,14,15). The molecule has 0 atom stereocenters. The number of methoxy groups -OCH3 is 1. The fraction of sp³-hybridized carbons (Fsp3) is 0.167. The summed E-state index contributed by atoms with van der Waals surface area (Å²) >= 11 is 0. The highest BCUT2D eigenvalue weighted by Crippen LogP contribution is 2.24. The lowest BCUT2D eigenvalue weighted by atomic mass is 10.1. The Kier molecular flexibility index (Phi) is 3.20. The Balaban J connectivity index is 2.41. The Morgan fingerprint density at radius 3 is 2.88 bits per heavy atom. The Morgan fingerprint density at radius 2 is 2.24 bits per heavy atom. The van der Waals surface area contributed by atoms with Crippen LogP contribution in [0.2, 0.25) is 0 Å². The van der Waals surface area contributed by atoms with Gasteiger partial charge in [0.25, 0.3) is 0 Å². The van der Waals surface area contributed by atoms with Crippen LogP contribution in [0, 0.1) is 0 Å². The number of hydrogen-bond acceptors (Lipinski definition) is 4. The maximum absolute atomic E-state index is 10.7. The van der Waals surface area contributed by atoms with Gasteiger partial charge >= 0.3 is 5.97 Å². The van der Waals surface area contributed by atoms with Crippen LogP contribution in [0.1, 0.15) is 16.1 Å². The molecule has 2 aromatic rings. The quantitative estimate of drug-likeness (QED) is 0.876. The van der Waals surface area contributed by atoms with Crippen LogP contribution in [-0.2, 0) is 11.3 Å². The van der Waals surface area contributed by atoms with Gasteiger partial charge in [-0.25, -0.2) is 4.79 Å². The van der Waals surface area contributed by atoms with E-state index >= 15 is 0 Å². The Hall–Kier alpha value is -2.14. The van der Waals surface area contributed by atoms with Crippen molar-refractivity contribution in [1.29, 1.82) is 0 Å². The topological polar surface area (TPSA) is 72.6 Å². The van der Waals surface area contributed by atoms with Crippen molar-refractivity contribution in [2.75, 3.05) is 7.11 Å². The van der Waals surface area contributed by atoms with E-state index in [4.69, 9.17) is 14.4 Å². The van der Waals surface area contributed by atoms with Gasteiger partial charge in [0.15, 0.2) is 11.5 Å². The minimum Gasteiger partial charge on any atom is -0.476 e. The van der Waals surface area contributed by atoms with Crippen LogP contribution in [0.3, 0.4) is 0 Å². The summed E-state index contributed by atoms with van der Waals surface area (Å²) in [4.78, 5) is 10.7. The molecule has 1 N–H and O–H groups in total. The van der Waals surface area contributed by atoms with E-state index in [9.17, 15) is 4.79 Å². The molecule has 5 heteroatoms. The summed E-state index contributed by atoms with van der Waals surface area (Å²) in [6, 6.07) is 8.85. The number of hydrogen-bond donors (Lipinski definition) is 1. The zero-order valence-corrected chi connectivity index (χ0v) is 9.21. The maximum atomic E-state index is 10.7. The van der Waals surface area contributed by atoms with Gasteiger partial charge in [-0.3, -0.25) is 0 Å². The summed E-state index contributed by atoms with van der Waals surface area (Å²) in [6.07, 6.45) is 0. The Labute approximate surface area is 97.6 Å². The molecule has 2 rings (SSSR count). The third kappa shape index (κ3) is 2.34. The second kappa shape index (κ2) is 4.80. The lowest BCUT2D eigenvalue weighted by Crippen LogP contribution is -1.94. The molecule has 88 valence electrons. The van der Waals surface area contributed by atoms with Crippen LogP contribution in [-0.4, -0.2) is 23.3 Å². The third-order valence-electron chi connectivity index (χ3n) is 2.31. The molecule has 0 spiro atoms. The fourth-order valence-electron chi connectivity index (χ4n) is 1.54. The van der Waals surface area contributed by atoms with Crippen LogP contribution in [0.4, 0.5) is 0 Å². The average molecular weight is 233 g/mol. The first-order valence-corrected chi connectivity index (χ1v) is 4.99. The molecule has 0 fully saturated rings. The number of aromatic nitrogens is 1. The van der Waals surface area contributed by atoms with Crippen molar-refractivity contribution in [3.05, 3.63) is 41.6 Å². The van der Waals surface area contributed by atoms with Gasteiger partial charge < -0.3 is 14.4 Å². The highest BCUT2D eigenvalue weighted by atomic mass is 16.5. The molecule has 0 saturated heterocycles. The van der Waals surface area contributed by atoms with Crippen molar-refractivity contribution < 1.29 is 19.2 Å². The zero-order valence-electron chi connectivity index (χ0n) is 9.21. The average Bonchev–Trinajstić information content (AvgIpc) is 2.79. The van der Waals surface area contributed by atoms with Gasteiger partial charge in [0.1, 0.15) is 0 Å². The van der Waals surface area contributed by atoms with Crippen LogP contribution < -0.4 is 0 Å². The minimum absolute atomic E-state index is 0.104. The van der Waals surface area contributed by atoms with Gasteiger partial charge in [-0.1, -0.05) is 29.4 Å². The number of benzene rings is 1. The molecule has 0 amide bonds. The summed E-state index contributed by atoms with van der Waals surface area (Å²) in [5, 5.41) is 12.2. The van der Waals surface area contributed by atoms with E-state index in [1.54, 1.807) is 7.11 Å². The number of rotatable bonds is 4. The van der Waals surface area contributed by atoms with E-state index < -0.39 is 5.97 Å². The molecule has 1 heterocycles. The Morgan fingerprint density at radius 1 is 1.47 bits per heavy atom. The molecule has 17 heavy (non-hydrogen) atoms. The van der Waals surface area contributed by atoms with Crippen molar-refractivity contribution in [3.63, 3.8) is 0 Å². The number of nitrogens with zero attached hydrogens (tertiary/aromatic N) is 1. The van der Waals surface area contributed by atoms with Crippen LogP contribution in [0.25, 0.3) is 11.3 Å². The van der Waals surface area contributed by atoms with Crippen LogP contribution >= 0.6 is 0 Å². The van der Waals surface area contributed by atoms with Crippen molar-refractivity contribution >= 4 is 5.97 Å². The van der Waals surface area contributed by atoms with Gasteiger partial charge in [-0.2, -0.15) is 0 Å². The summed E-state index contributed by atoms with van der Waals surface area (Å²) in [7, 11) is 1.60. The van der Waals surface area contributed by atoms with Crippen molar-refractivity contribution in [1.82, 2.24) is 5.16 Å². The molecule has 0 unspecified atom stereocenters. The number of aromatic carboxylic acids is 1. The lowest BCUT2D eigenvalue weighted by molar-refractivity contribution is 0.0686. The van der Waals surface area contributed by atoms with Crippen LogP contribution in [0.5, 0.6) is 0 Å². The second-order valence-electron chi connectivity index (χ2n) is 3.47. The minimum atomic E-state index is -1.11. The van der Waals surface area contributed by atoms with Crippen molar-refractivity contribution in [3.8, 4) is 11.3 Å². The highest BCUT2D eigenvalue weighted by molar-refractivity contribution is 5.86. The fourth-order valence-corrected chi connectivity index (χ4v) is 1.54. The molecular formula is C12H11NO4. The summed E-state index contributed by atoms with van der Waals surface area (Å²) in [5.41, 5.74) is 1.60. The molecule has 0 aliphatic heterocycles. The first-order chi connectivity index (χ1) is 8.22. The van der Waals surface area contributed by atoms with E-state index in [0.29, 0.717) is 12.4 Å². The second-order valence-corrected chi connectivity index (χ2v) is 3.47. The monoisotopic (exact) mass is 233 g/mol. The van der Waals surface area contributed by atoms with E-state index in [-0.39, 0.29) is 5.69 Å². The number of carboxylic acids is 1. The van der Waals surface area contributed by atoms with Gasteiger partial charge in [0, 0.05) is 18.7 Å². The molecular weight excluding hydrogens is 222 g/mol. The predicted octanol–water partition coefficient (Wildman–Crippen LogP) is 2.19. The number of carbonyl (C=O) groups is 1. The largest absolute Gasteiger partial charge is 0.476 e. The van der Waals surface area contributed by atoms with Gasteiger partial charge in [0.2, 0.25) is 0 Å². The molecule has 1 aromatic heterocycles. The first kappa shape index (κ1) is 11.3. The third-order valence-corrected chi connectivity index (χ3v) is 2.31. The van der Waals surface area contributed by atoms with Crippen molar-refractivity contribution in [2.24, 2.45) is 0 Å². The maximum Gasteiger partial charge on any atom is 0.358 e. The summed E-state index contributed by atoms with van der Waals surface area (Å²) in [5.74, 6) is -0.681. The lowest BCUT2D eigenvalue weighted by Gasteiger charge is -2.04. The summed E-state index contributed by atoms with van der Waals surface area (Å²) < 4.78 is 10.1. The zero-order chi connectivity index (χ0) is 12.3. The molecule has 1 aromatic carbocycles. The van der Waals surface area contributed by atoms with Gasteiger partial charge in [-0.15, -0.1) is 0 Å². The predicted molar refractivity (Wildman–Crippen MR) is 59.6 cm³/mol. The van der Waals surface area contributed by atoms with Crippen LogP contribution in [0.15, 0.2) is 34.9 Å². The van der Waals surface area contributed by atoms with E-state index in [1.165, 1.54) is 6.07 Å². The van der Waals surface area contributed by atoms with Gasteiger partial charge in [0.05, 0.1) is 6.61 Å². The SMILES string of the molecule is COCc1ccccc1-c1cc(C(=O)O)no1. The normalized spacial score (nSPS) is 10.4. The number of carboxylic acid groups (broad SMARTS) is 1. The van der Waals surface area contributed by atoms with E-state index in [0.717, 1.165) is 11.1 Å². The molecule has 0 radical (unpaired) electrons. The summed E-state index contributed by atoms with van der Waals surface area (Å²) in [6.45, 7) is 0.430. The van der Waals surface area contributed by atoms with E-state index in [2.05, 4.69) is 5.16 Å². The highest BCUT2D eigenvalue weighted by Gasteiger charge is 2.14. The van der Waals surface area contributed by atoms with Crippen molar-refractivity contribution in [2.45, 2.75) is 6.61 Å².